The van der Waals surface area contributed by atoms with Crippen LogP contribution in [0.1, 0.15) is 12.1 Å². The van der Waals surface area contributed by atoms with Gasteiger partial charge in [-0.25, -0.2) is 14.4 Å². The van der Waals surface area contributed by atoms with Crippen molar-refractivity contribution >= 4 is 22.8 Å². The fourth-order valence-corrected chi connectivity index (χ4v) is 6.45. The van der Waals surface area contributed by atoms with E-state index in [0.29, 0.717) is 50.3 Å². The van der Waals surface area contributed by atoms with Gasteiger partial charge in [0, 0.05) is 57.3 Å². The zero-order chi connectivity index (χ0) is 29.5. The van der Waals surface area contributed by atoms with Crippen molar-refractivity contribution in [2.45, 2.75) is 12.6 Å². The van der Waals surface area contributed by atoms with Crippen LogP contribution in [0, 0.1) is 29.6 Å². The summed E-state index contributed by atoms with van der Waals surface area (Å²) in [6.45, 7) is 3.25. The number of amides is 1. The molecule has 8 nitrogen and oxygen atoms in total. The number of ether oxygens (including phenoxy) is 1. The van der Waals surface area contributed by atoms with Crippen LogP contribution >= 0.6 is 0 Å². The molecule has 218 valence electrons. The van der Waals surface area contributed by atoms with Crippen LogP contribution in [0.5, 0.6) is 11.5 Å². The Bertz CT molecular complexity index is 1740. The maximum absolute atomic E-state index is 13.4. The first-order valence-electron chi connectivity index (χ1n) is 14.7. The number of piperidine rings is 1. The highest BCUT2D eigenvalue weighted by molar-refractivity contribution is 6.03. The number of para-hydroxylation sites is 1. The molecule has 43 heavy (non-hydrogen) atoms. The highest BCUT2D eigenvalue weighted by Crippen LogP contribution is 2.51. The lowest BCUT2D eigenvalue weighted by molar-refractivity contribution is -0.125. The van der Waals surface area contributed by atoms with Gasteiger partial charge in [-0.3, -0.25) is 9.69 Å². The van der Waals surface area contributed by atoms with Gasteiger partial charge in [0.1, 0.15) is 41.2 Å². The molecule has 1 saturated carbocycles. The molecule has 1 amide bonds. The van der Waals surface area contributed by atoms with Crippen molar-refractivity contribution in [2.24, 2.45) is 24.8 Å². The molecule has 4 aromatic rings. The largest absolute Gasteiger partial charge is 0.457 e. The van der Waals surface area contributed by atoms with E-state index < -0.39 is 6.17 Å². The number of nitrogen functional groups attached to an aromatic ring is 1. The summed E-state index contributed by atoms with van der Waals surface area (Å²) in [7, 11) is 1.95. The molecule has 2 aromatic carbocycles. The average Bonchev–Trinajstić information content (AvgIpc) is 3.34. The fraction of sp³-hybridized carbons (Fsp3) is 0.324. The Morgan fingerprint density at radius 3 is 2.53 bits per heavy atom. The molecule has 9 heteroatoms. The summed E-state index contributed by atoms with van der Waals surface area (Å²) < 4.78 is 21.3. The van der Waals surface area contributed by atoms with E-state index in [1.165, 1.54) is 6.33 Å². The molecule has 7 rings (SSSR count). The topological polar surface area (TPSA) is 89.5 Å². The zero-order valence-corrected chi connectivity index (χ0v) is 24.0. The summed E-state index contributed by atoms with van der Waals surface area (Å²) in [5.41, 5.74) is 9.78. The van der Waals surface area contributed by atoms with E-state index in [-0.39, 0.29) is 11.8 Å². The van der Waals surface area contributed by atoms with Crippen molar-refractivity contribution in [1.29, 1.82) is 0 Å². The number of aromatic nitrogens is 3. The molecule has 0 spiro atoms. The standard InChI is InChI=1S/C34H33FN6O2/c1-39-29(14-13-26-27-19-41(20-28(26)27)30(42)8-5-16-40-17-15-23(35)18-40)31(32-33(36)37-21-38-34(32)39)22-9-11-25(12-10-22)43-24-6-3-2-4-7-24/h2-12,21,23,26-28H,15-20H2,1H3,(H2,36,37,38)/b8-5+/t23?,26-,27-,28+. The van der Waals surface area contributed by atoms with Gasteiger partial charge in [0.05, 0.1) is 5.39 Å². The van der Waals surface area contributed by atoms with Gasteiger partial charge < -0.3 is 19.9 Å². The third kappa shape index (κ3) is 5.35. The lowest BCUT2D eigenvalue weighted by atomic mass is 10.0. The normalized spacial score (nSPS) is 23.0. The molecule has 2 aromatic heterocycles. The van der Waals surface area contributed by atoms with E-state index in [2.05, 4.69) is 21.8 Å². The SMILES string of the molecule is Cn1c(C#C[C@@H]2[C@H]3CN(C(=O)/C=C/CN4CCC(F)C4)C[C@@H]23)c(-c2ccc(Oc3ccccc3)cc2)c2c(N)ncnc21. The number of carbonyl (C=O) groups excluding carboxylic acids is 1. The molecule has 2 aliphatic heterocycles. The van der Waals surface area contributed by atoms with Crippen molar-refractivity contribution in [3.05, 3.63) is 78.8 Å². The number of nitrogens with zero attached hydrogens (tertiary/aromatic N) is 5. The summed E-state index contributed by atoms with van der Waals surface area (Å²) >= 11 is 0. The Morgan fingerprint density at radius 2 is 1.81 bits per heavy atom. The Labute approximate surface area is 250 Å². The number of alkyl halides is 1. The number of nitrogens with two attached hydrogens (primary N) is 1. The second kappa shape index (κ2) is 11.2. The number of aryl methyl sites for hydroxylation is 1. The third-order valence-corrected chi connectivity index (χ3v) is 8.82. The Balaban J connectivity index is 1.07. The number of hydrogen-bond acceptors (Lipinski definition) is 6. The van der Waals surface area contributed by atoms with E-state index >= 15 is 0 Å². The molecule has 0 radical (unpaired) electrons. The van der Waals surface area contributed by atoms with E-state index in [9.17, 15) is 9.18 Å². The molecule has 3 aliphatic rings. The monoisotopic (exact) mass is 576 g/mol. The molecule has 4 heterocycles. The first-order valence-corrected chi connectivity index (χ1v) is 14.7. The highest BCUT2D eigenvalue weighted by atomic mass is 19.1. The van der Waals surface area contributed by atoms with Crippen LogP contribution in [0.2, 0.25) is 0 Å². The second-order valence-corrected chi connectivity index (χ2v) is 11.6. The van der Waals surface area contributed by atoms with E-state index in [1.807, 2.05) is 82.1 Å². The van der Waals surface area contributed by atoms with Gasteiger partial charge in [0.2, 0.25) is 5.91 Å². The van der Waals surface area contributed by atoms with Gasteiger partial charge in [-0.2, -0.15) is 0 Å². The molecule has 0 bridgehead atoms. The van der Waals surface area contributed by atoms with Gasteiger partial charge in [0.15, 0.2) is 0 Å². The van der Waals surface area contributed by atoms with Gasteiger partial charge >= 0.3 is 0 Å². The number of rotatable bonds is 6. The van der Waals surface area contributed by atoms with Crippen LogP contribution < -0.4 is 10.5 Å². The van der Waals surface area contributed by atoms with Crippen molar-refractivity contribution in [3.8, 4) is 34.5 Å². The summed E-state index contributed by atoms with van der Waals surface area (Å²) in [6, 6.07) is 17.6. The van der Waals surface area contributed by atoms with Crippen molar-refractivity contribution in [3.63, 3.8) is 0 Å². The van der Waals surface area contributed by atoms with Crippen LogP contribution in [0.4, 0.5) is 10.2 Å². The molecule has 2 saturated heterocycles. The highest BCUT2D eigenvalue weighted by Gasteiger charge is 2.55. The molecule has 1 aliphatic carbocycles. The number of likely N-dealkylation sites (tertiary alicyclic amines) is 2. The zero-order valence-electron chi connectivity index (χ0n) is 24.0. The number of benzene rings is 2. The number of hydrogen-bond donors (Lipinski definition) is 1. The van der Waals surface area contributed by atoms with Gasteiger partial charge in [-0.15, -0.1) is 0 Å². The van der Waals surface area contributed by atoms with Gasteiger partial charge in [-0.05, 0) is 54.0 Å². The third-order valence-electron chi connectivity index (χ3n) is 8.82. The number of anilines is 1. The number of carbonyl (C=O) groups is 1. The van der Waals surface area contributed by atoms with E-state index in [4.69, 9.17) is 10.5 Å². The first-order chi connectivity index (χ1) is 21.0. The lowest BCUT2D eigenvalue weighted by Crippen LogP contribution is -2.30. The summed E-state index contributed by atoms with van der Waals surface area (Å²) in [5.74, 6) is 9.92. The van der Waals surface area contributed by atoms with Crippen molar-refractivity contribution in [2.75, 3.05) is 38.5 Å². The van der Waals surface area contributed by atoms with Crippen molar-refractivity contribution in [1.82, 2.24) is 24.3 Å². The average molecular weight is 577 g/mol. The Kier molecular flexibility index (Phi) is 7.07. The molecular formula is C34H33FN6O2. The van der Waals surface area contributed by atoms with Crippen LogP contribution in [-0.4, -0.2) is 69.1 Å². The van der Waals surface area contributed by atoms with E-state index in [1.54, 1.807) is 6.08 Å². The summed E-state index contributed by atoms with van der Waals surface area (Å²) in [6.07, 6.45) is 4.81. The second-order valence-electron chi connectivity index (χ2n) is 11.6. The maximum atomic E-state index is 13.4. The van der Waals surface area contributed by atoms with Crippen LogP contribution in [0.3, 0.4) is 0 Å². The molecular weight excluding hydrogens is 543 g/mol. The number of halogens is 1. The lowest BCUT2D eigenvalue weighted by Gasteiger charge is -2.17. The molecule has 3 fully saturated rings. The Morgan fingerprint density at radius 1 is 1.07 bits per heavy atom. The van der Waals surface area contributed by atoms with E-state index in [0.717, 1.165) is 45.9 Å². The van der Waals surface area contributed by atoms with Gasteiger partial charge in [-0.1, -0.05) is 42.3 Å². The predicted molar refractivity (Wildman–Crippen MR) is 164 cm³/mol. The summed E-state index contributed by atoms with van der Waals surface area (Å²) in [5, 5.41) is 0.779. The van der Waals surface area contributed by atoms with Crippen LogP contribution in [-0.2, 0) is 11.8 Å². The minimum atomic E-state index is -0.747. The molecule has 1 unspecified atom stereocenters. The van der Waals surface area contributed by atoms with Crippen molar-refractivity contribution < 1.29 is 13.9 Å². The quantitative estimate of drug-likeness (QED) is 0.265. The minimum absolute atomic E-state index is 0.0274. The minimum Gasteiger partial charge on any atom is -0.457 e. The fourth-order valence-electron chi connectivity index (χ4n) is 6.45. The van der Waals surface area contributed by atoms with Gasteiger partial charge in [0.25, 0.3) is 0 Å². The van der Waals surface area contributed by atoms with Crippen LogP contribution in [0.15, 0.2) is 73.1 Å². The predicted octanol–water partition coefficient (Wildman–Crippen LogP) is 4.67. The maximum Gasteiger partial charge on any atom is 0.246 e. The molecule has 2 N–H and O–H groups in total. The first kappa shape index (κ1) is 27.2. The summed E-state index contributed by atoms with van der Waals surface area (Å²) in [4.78, 5) is 25.4. The Hall–Kier alpha value is -4.68. The van der Waals surface area contributed by atoms with Crippen LogP contribution in [0.25, 0.3) is 22.2 Å². The molecule has 4 atom stereocenters. The smallest absolute Gasteiger partial charge is 0.246 e. The number of fused-ring (bicyclic) bond motifs is 2.